The monoisotopic (exact) mass is 273 g/mol. The molecule has 0 aliphatic carbocycles. The second-order valence-corrected chi connectivity index (χ2v) is 5.04. The summed E-state index contributed by atoms with van der Waals surface area (Å²) in [6, 6.07) is 4.26. The number of nitrogens with zero attached hydrogens (tertiary/aromatic N) is 4. The van der Waals surface area contributed by atoms with Gasteiger partial charge in [0.2, 0.25) is 0 Å². The minimum absolute atomic E-state index is 0.0836. The van der Waals surface area contributed by atoms with E-state index in [0.717, 1.165) is 36.5 Å². The minimum Gasteiger partial charge on any atom is -0.305 e. The Kier molecular flexibility index (Phi) is 4.84. The average molecular weight is 273 g/mol. The molecule has 108 valence electrons. The van der Waals surface area contributed by atoms with Gasteiger partial charge < -0.3 is 5.32 Å². The van der Waals surface area contributed by atoms with E-state index in [2.05, 4.69) is 46.6 Å². The Morgan fingerprint density at radius 3 is 2.70 bits per heavy atom. The van der Waals surface area contributed by atoms with Gasteiger partial charge in [-0.1, -0.05) is 13.8 Å². The first-order chi connectivity index (χ1) is 9.65. The summed E-state index contributed by atoms with van der Waals surface area (Å²) in [6.07, 6.45) is 3.94. The Bertz CT molecular complexity index is 561. The third-order valence-corrected chi connectivity index (χ3v) is 3.30. The van der Waals surface area contributed by atoms with Crippen LogP contribution in [0.2, 0.25) is 0 Å². The second-order valence-electron chi connectivity index (χ2n) is 5.04. The summed E-state index contributed by atoms with van der Waals surface area (Å²) < 4.78 is 1.84. The Balaban J connectivity index is 2.42. The number of rotatable bonds is 6. The fourth-order valence-corrected chi connectivity index (χ4v) is 2.31. The fourth-order valence-electron chi connectivity index (χ4n) is 2.31. The van der Waals surface area contributed by atoms with E-state index in [1.807, 2.05) is 24.9 Å². The van der Waals surface area contributed by atoms with Crippen LogP contribution in [0.5, 0.6) is 0 Å². The van der Waals surface area contributed by atoms with Gasteiger partial charge in [0.1, 0.15) is 0 Å². The van der Waals surface area contributed by atoms with Crippen molar-refractivity contribution in [3.8, 4) is 0 Å². The van der Waals surface area contributed by atoms with Crippen LogP contribution in [0.25, 0.3) is 0 Å². The first kappa shape index (κ1) is 14.7. The largest absolute Gasteiger partial charge is 0.305 e. The molecular weight excluding hydrogens is 250 g/mol. The van der Waals surface area contributed by atoms with Gasteiger partial charge in [0.15, 0.2) is 0 Å². The highest BCUT2D eigenvalue weighted by atomic mass is 15.3. The van der Waals surface area contributed by atoms with Crippen LogP contribution < -0.4 is 5.32 Å². The highest BCUT2D eigenvalue weighted by Crippen LogP contribution is 2.23. The molecule has 0 saturated heterocycles. The second kappa shape index (κ2) is 6.61. The van der Waals surface area contributed by atoms with E-state index in [-0.39, 0.29) is 6.04 Å². The maximum absolute atomic E-state index is 4.55. The molecule has 0 aliphatic rings. The average Bonchev–Trinajstić information content (AvgIpc) is 2.86. The van der Waals surface area contributed by atoms with Gasteiger partial charge in [-0.15, -0.1) is 0 Å². The number of nitrogens with one attached hydrogen (secondary N) is 1. The molecule has 0 amide bonds. The van der Waals surface area contributed by atoms with Crippen LogP contribution in [-0.2, 0) is 13.5 Å². The highest BCUT2D eigenvalue weighted by molar-refractivity contribution is 5.31. The van der Waals surface area contributed by atoms with E-state index in [4.69, 9.17) is 0 Å². The van der Waals surface area contributed by atoms with Crippen molar-refractivity contribution in [1.29, 1.82) is 0 Å². The van der Waals surface area contributed by atoms with Crippen molar-refractivity contribution < 1.29 is 0 Å². The molecule has 1 N–H and O–H groups in total. The van der Waals surface area contributed by atoms with Gasteiger partial charge >= 0.3 is 0 Å². The van der Waals surface area contributed by atoms with Crippen LogP contribution >= 0.6 is 0 Å². The third-order valence-electron chi connectivity index (χ3n) is 3.30. The molecule has 5 nitrogen and oxygen atoms in total. The summed E-state index contributed by atoms with van der Waals surface area (Å²) in [6.45, 7) is 7.20. The third kappa shape index (κ3) is 3.22. The molecule has 1 atom stereocenters. The SMILES string of the molecule is CCCNC(c1ccn(C)n1)c1cc(C)nnc1CC. The molecule has 2 heterocycles. The van der Waals surface area contributed by atoms with Crippen LogP contribution in [0.1, 0.15) is 49.0 Å². The normalized spacial score (nSPS) is 12.6. The molecule has 2 aromatic rings. The predicted molar refractivity (Wildman–Crippen MR) is 79.5 cm³/mol. The van der Waals surface area contributed by atoms with Crippen LogP contribution in [0.4, 0.5) is 0 Å². The Morgan fingerprint density at radius 1 is 1.30 bits per heavy atom. The van der Waals surface area contributed by atoms with Gasteiger partial charge in [0.25, 0.3) is 0 Å². The van der Waals surface area contributed by atoms with Gasteiger partial charge in [-0.25, -0.2) is 0 Å². The molecule has 2 aromatic heterocycles. The number of aryl methyl sites for hydroxylation is 3. The van der Waals surface area contributed by atoms with Gasteiger partial charge in [-0.2, -0.15) is 15.3 Å². The summed E-state index contributed by atoms with van der Waals surface area (Å²) >= 11 is 0. The van der Waals surface area contributed by atoms with Crippen molar-refractivity contribution in [2.24, 2.45) is 7.05 Å². The smallest absolute Gasteiger partial charge is 0.0839 e. The van der Waals surface area contributed by atoms with E-state index >= 15 is 0 Å². The molecule has 20 heavy (non-hydrogen) atoms. The summed E-state index contributed by atoms with van der Waals surface area (Å²) in [7, 11) is 1.94. The summed E-state index contributed by atoms with van der Waals surface area (Å²) in [5.41, 5.74) is 4.20. The quantitative estimate of drug-likeness (QED) is 0.876. The van der Waals surface area contributed by atoms with Crippen LogP contribution in [0, 0.1) is 6.92 Å². The topological polar surface area (TPSA) is 55.6 Å². The standard InChI is InChI=1S/C15H23N5/c1-5-8-16-15(14-7-9-20(4)19-14)12-10-11(3)17-18-13(12)6-2/h7,9-10,15-16H,5-6,8H2,1-4H3. The number of hydrogen-bond acceptors (Lipinski definition) is 4. The molecule has 0 fully saturated rings. The first-order valence-electron chi connectivity index (χ1n) is 7.21. The molecule has 0 aliphatic heterocycles. The molecule has 0 bridgehead atoms. The lowest BCUT2D eigenvalue weighted by molar-refractivity contribution is 0.567. The van der Waals surface area contributed by atoms with Crippen LogP contribution in [0.3, 0.4) is 0 Å². The molecule has 0 aromatic carbocycles. The zero-order valence-corrected chi connectivity index (χ0v) is 12.7. The Hall–Kier alpha value is -1.75. The summed E-state index contributed by atoms with van der Waals surface area (Å²) in [5, 5.41) is 16.6. The van der Waals surface area contributed by atoms with Gasteiger partial charge in [0, 0.05) is 18.8 Å². The predicted octanol–water partition coefficient (Wildman–Crippen LogP) is 2.17. The van der Waals surface area contributed by atoms with Crippen LogP contribution in [-0.4, -0.2) is 26.5 Å². The van der Waals surface area contributed by atoms with Crippen molar-refractivity contribution in [3.63, 3.8) is 0 Å². The zero-order valence-electron chi connectivity index (χ0n) is 12.7. The van der Waals surface area contributed by atoms with Crippen molar-refractivity contribution >= 4 is 0 Å². The molecule has 1 unspecified atom stereocenters. The van der Waals surface area contributed by atoms with Crippen molar-refractivity contribution in [1.82, 2.24) is 25.3 Å². The molecular formula is C15H23N5. The van der Waals surface area contributed by atoms with Gasteiger partial charge in [0.05, 0.1) is 23.1 Å². The lowest BCUT2D eigenvalue weighted by Crippen LogP contribution is -2.25. The van der Waals surface area contributed by atoms with Crippen molar-refractivity contribution in [3.05, 3.63) is 41.0 Å². The lowest BCUT2D eigenvalue weighted by atomic mass is 10.0. The van der Waals surface area contributed by atoms with Crippen molar-refractivity contribution in [2.75, 3.05) is 6.54 Å². The lowest BCUT2D eigenvalue weighted by Gasteiger charge is -2.19. The van der Waals surface area contributed by atoms with E-state index in [9.17, 15) is 0 Å². The number of aromatic nitrogens is 4. The minimum atomic E-state index is 0.0836. The van der Waals surface area contributed by atoms with Crippen molar-refractivity contribution in [2.45, 2.75) is 39.7 Å². The Morgan fingerprint density at radius 2 is 2.10 bits per heavy atom. The maximum atomic E-state index is 4.55. The molecule has 0 saturated carbocycles. The van der Waals surface area contributed by atoms with E-state index in [1.54, 1.807) is 0 Å². The summed E-state index contributed by atoms with van der Waals surface area (Å²) in [5.74, 6) is 0. The molecule has 0 spiro atoms. The first-order valence-corrected chi connectivity index (χ1v) is 7.21. The van der Waals surface area contributed by atoms with Gasteiger partial charge in [-0.05, 0) is 38.4 Å². The van der Waals surface area contributed by atoms with Crippen LogP contribution in [0.15, 0.2) is 18.3 Å². The van der Waals surface area contributed by atoms with E-state index in [1.165, 1.54) is 5.56 Å². The number of hydrogen-bond donors (Lipinski definition) is 1. The maximum Gasteiger partial charge on any atom is 0.0839 e. The Labute approximate surface area is 120 Å². The zero-order chi connectivity index (χ0) is 14.5. The van der Waals surface area contributed by atoms with E-state index in [0.29, 0.717) is 0 Å². The fraction of sp³-hybridized carbons (Fsp3) is 0.533. The molecule has 0 radical (unpaired) electrons. The van der Waals surface area contributed by atoms with Gasteiger partial charge in [-0.3, -0.25) is 4.68 Å². The summed E-state index contributed by atoms with van der Waals surface area (Å²) in [4.78, 5) is 0. The van der Waals surface area contributed by atoms with E-state index < -0.39 is 0 Å². The molecule has 2 rings (SSSR count). The molecule has 5 heteroatoms. The highest BCUT2D eigenvalue weighted by Gasteiger charge is 2.20.